The zero-order valence-corrected chi connectivity index (χ0v) is 10.8. The van der Waals surface area contributed by atoms with E-state index in [4.69, 9.17) is 10.4 Å². The minimum atomic E-state index is -1.22. The van der Waals surface area contributed by atoms with Gasteiger partial charge in [-0.15, -0.1) is 0 Å². The number of amides is 2. The SMILES string of the molecule is N#Cc1cc(F)ccc1NC(=O)N1C[C@@H](O)C[C@H]1C(=O)O. The molecule has 2 rings (SSSR count). The minimum Gasteiger partial charge on any atom is -0.480 e. The third-order valence-corrected chi connectivity index (χ3v) is 3.17. The summed E-state index contributed by atoms with van der Waals surface area (Å²) < 4.78 is 13.0. The van der Waals surface area contributed by atoms with E-state index in [1.165, 1.54) is 6.07 Å². The Labute approximate surface area is 119 Å². The quantitative estimate of drug-likeness (QED) is 0.744. The Morgan fingerprint density at radius 1 is 1.48 bits per heavy atom. The molecule has 1 heterocycles. The van der Waals surface area contributed by atoms with Crippen LogP contribution in [0.15, 0.2) is 18.2 Å². The number of nitrogens with zero attached hydrogens (tertiary/aromatic N) is 2. The number of nitrogens with one attached hydrogen (secondary N) is 1. The molecular weight excluding hydrogens is 281 g/mol. The molecule has 0 aliphatic carbocycles. The van der Waals surface area contributed by atoms with E-state index in [1.807, 2.05) is 0 Å². The summed E-state index contributed by atoms with van der Waals surface area (Å²) in [6.07, 6.45) is -0.974. The third kappa shape index (κ3) is 3.09. The number of nitriles is 1. The fraction of sp³-hybridized carbons (Fsp3) is 0.308. The Hall–Kier alpha value is -2.66. The third-order valence-electron chi connectivity index (χ3n) is 3.17. The van der Waals surface area contributed by atoms with Crippen LogP contribution in [0.25, 0.3) is 0 Å². The number of anilines is 1. The predicted molar refractivity (Wildman–Crippen MR) is 68.9 cm³/mol. The maximum atomic E-state index is 13.0. The number of halogens is 1. The molecule has 2 atom stereocenters. The maximum absolute atomic E-state index is 13.0. The number of hydrogen-bond acceptors (Lipinski definition) is 4. The fourth-order valence-corrected chi connectivity index (χ4v) is 2.18. The van der Waals surface area contributed by atoms with E-state index in [0.717, 1.165) is 17.0 Å². The molecule has 2 amide bonds. The van der Waals surface area contributed by atoms with Gasteiger partial charge in [-0.05, 0) is 18.2 Å². The Bertz CT molecular complexity index is 628. The van der Waals surface area contributed by atoms with Gasteiger partial charge in [0.25, 0.3) is 0 Å². The number of carbonyl (C=O) groups is 2. The smallest absolute Gasteiger partial charge is 0.326 e. The lowest BCUT2D eigenvalue weighted by molar-refractivity contribution is -0.141. The standard InChI is InChI=1S/C13H12FN3O4/c14-8-1-2-10(7(3-8)5-15)16-13(21)17-6-9(18)4-11(17)12(19)20/h1-3,9,11,18H,4,6H2,(H,16,21)(H,19,20)/t9-,11-/m0/s1. The first-order valence-electron chi connectivity index (χ1n) is 6.10. The van der Waals surface area contributed by atoms with Gasteiger partial charge in [0.1, 0.15) is 17.9 Å². The molecule has 8 heteroatoms. The number of aliphatic carboxylic acids is 1. The molecule has 0 saturated carbocycles. The monoisotopic (exact) mass is 293 g/mol. The van der Waals surface area contributed by atoms with Crippen molar-refractivity contribution in [1.82, 2.24) is 4.90 Å². The molecule has 0 radical (unpaired) electrons. The Balaban J connectivity index is 2.18. The van der Waals surface area contributed by atoms with Crippen molar-refractivity contribution in [2.75, 3.05) is 11.9 Å². The molecule has 1 aliphatic rings. The van der Waals surface area contributed by atoms with Gasteiger partial charge in [-0.3, -0.25) is 0 Å². The van der Waals surface area contributed by atoms with Crippen molar-refractivity contribution in [3.05, 3.63) is 29.6 Å². The van der Waals surface area contributed by atoms with Crippen molar-refractivity contribution in [1.29, 1.82) is 5.26 Å². The molecule has 21 heavy (non-hydrogen) atoms. The highest BCUT2D eigenvalue weighted by molar-refractivity contribution is 5.93. The number of carbonyl (C=O) groups excluding carboxylic acids is 1. The summed E-state index contributed by atoms with van der Waals surface area (Å²) in [6.45, 7) is -0.119. The van der Waals surface area contributed by atoms with Gasteiger partial charge in [0.15, 0.2) is 0 Å². The predicted octanol–water partition coefficient (Wildman–Crippen LogP) is 0.749. The fourth-order valence-electron chi connectivity index (χ4n) is 2.18. The van der Waals surface area contributed by atoms with Gasteiger partial charge in [-0.1, -0.05) is 0 Å². The van der Waals surface area contributed by atoms with Crippen LogP contribution in [0.1, 0.15) is 12.0 Å². The molecule has 0 spiro atoms. The average Bonchev–Trinajstić information content (AvgIpc) is 2.83. The van der Waals surface area contributed by atoms with E-state index in [-0.39, 0.29) is 24.2 Å². The first-order valence-corrected chi connectivity index (χ1v) is 6.10. The van der Waals surface area contributed by atoms with E-state index < -0.39 is 30.0 Å². The van der Waals surface area contributed by atoms with E-state index in [9.17, 15) is 19.1 Å². The molecule has 1 saturated heterocycles. The van der Waals surface area contributed by atoms with E-state index >= 15 is 0 Å². The summed E-state index contributed by atoms with van der Waals surface area (Å²) in [7, 11) is 0. The van der Waals surface area contributed by atoms with Gasteiger partial charge in [-0.25, -0.2) is 14.0 Å². The number of urea groups is 1. The number of benzene rings is 1. The molecule has 0 unspecified atom stereocenters. The lowest BCUT2D eigenvalue weighted by Crippen LogP contribution is -2.43. The number of aliphatic hydroxyl groups is 1. The lowest BCUT2D eigenvalue weighted by atomic mass is 10.2. The Morgan fingerprint density at radius 2 is 2.19 bits per heavy atom. The van der Waals surface area contributed by atoms with Crippen LogP contribution in [-0.2, 0) is 4.79 Å². The summed E-state index contributed by atoms with van der Waals surface area (Å²) in [6, 6.07) is 3.09. The molecular formula is C13H12FN3O4. The first-order chi connectivity index (χ1) is 9.92. The van der Waals surface area contributed by atoms with Crippen molar-refractivity contribution in [3.8, 4) is 6.07 Å². The summed E-state index contributed by atoms with van der Waals surface area (Å²) >= 11 is 0. The number of likely N-dealkylation sites (tertiary alicyclic amines) is 1. The highest BCUT2D eigenvalue weighted by atomic mass is 19.1. The van der Waals surface area contributed by atoms with Gasteiger partial charge in [0, 0.05) is 13.0 Å². The summed E-state index contributed by atoms with van der Waals surface area (Å²) in [5, 5.41) is 29.8. The Kier molecular flexibility index (Phi) is 4.05. The average molecular weight is 293 g/mol. The second-order valence-corrected chi connectivity index (χ2v) is 4.63. The number of aliphatic hydroxyl groups excluding tert-OH is 1. The highest BCUT2D eigenvalue weighted by Crippen LogP contribution is 2.21. The van der Waals surface area contributed by atoms with Crippen LogP contribution in [0.5, 0.6) is 0 Å². The molecule has 0 bridgehead atoms. The summed E-state index contributed by atoms with van der Waals surface area (Å²) in [5.41, 5.74) is 0.00407. The summed E-state index contributed by atoms with van der Waals surface area (Å²) in [5.74, 6) is -1.84. The highest BCUT2D eigenvalue weighted by Gasteiger charge is 2.39. The second kappa shape index (κ2) is 5.76. The molecule has 1 aromatic rings. The number of rotatable bonds is 2. The maximum Gasteiger partial charge on any atom is 0.326 e. The van der Waals surface area contributed by atoms with Gasteiger partial charge in [-0.2, -0.15) is 5.26 Å². The van der Waals surface area contributed by atoms with E-state index in [1.54, 1.807) is 6.07 Å². The molecule has 1 aliphatic heterocycles. The van der Waals surface area contributed by atoms with E-state index in [2.05, 4.69) is 5.32 Å². The minimum absolute atomic E-state index is 0.0583. The molecule has 7 nitrogen and oxygen atoms in total. The van der Waals surface area contributed by atoms with Crippen molar-refractivity contribution in [3.63, 3.8) is 0 Å². The molecule has 1 aromatic carbocycles. The van der Waals surface area contributed by atoms with Crippen LogP contribution in [0, 0.1) is 17.1 Å². The van der Waals surface area contributed by atoms with Crippen LogP contribution in [-0.4, -0.2) is 45.8 Å². The zero-order valence-electron chi connectivity index (χ0n) is 10.8. The van der Waals surface area contributed by atoms with Crippen LogP contribution in [0.2, 0.25) is 0 Å². The molecule has 110 valence electrons. The van der Waals surface area contributed by atoms with Crippen molar-refractivity contribution >= 4 is 17.7 Å². The molecule has 3 N–H and O–H groups in total. The van der Waals surface area contributed by atoms with E-state index in [0.29, 0.717) is 0 Å². The zero-order chi connectivity index (χ0) is 15.6. The number of hydrogen-bond donors (Lipinski definition) is 3. The van der Waals surface area contributed by atoms with Crippen molar-refractivity contribution in [2.45, 2.75) is 18.6 Å². The largest absolute Gasteiger partial charge is 0.480 e. The lowest BCUT2D eigenvalue weighted by Gasteiger charge is -2.21. The van der Waals surface area contributed by atoms with Crippen molar-refractivity contribution < 1.29 is 24.2 Å². The second-order valence-electron chi connectivity index (χ2n) is 4.63. The van der Waals surface area contributed by atoms with Crippen LogP contribution >= 0.6 is 0 Å². The molecule has 0 aromatic heterocycles. The van der Waals surface area contributed by atoms with Crippen LogP contribution < -0.4 is 5.32 Å². The van der Waals surface area contributed by atoms with Crippen molar-refractivity contribution in [2.24, 2.45) is 0 Å². The van der Waals surface area contributed by atoms with Gasteiger partial charge < -0.3 is 20.4 Å². The number of carboxylic acid groups (broad SMARTS) is 1. The van der Waals surface area contributed by atoms with Gasteiger partial charge >= 0.3 is 12.0 Å². The van der Waals surface area contributed by atoms with Gasteiger partial charge in [0.2, 0.25) is 0 Å². The summed E-state index contributed by atoms with van der Waals surface area (Å²) in [4.78, 5) is 24.1. The van der Waals surface area contributed by atoms with Crippen LogP contribution in [0.4, 0.5) is 14.9 Å². The molecule has 1 fully saturated rings. The Morgan fingerprint density at radius 3 is 2.81 bits per heavy atom. The van der Waals surface area contributed by atoms with Gasteiger partial charge in [0.05, 0.1) is 17.4 Å². The number of carboxylic acids is 1. The number of β-amino-alcohol motifs (C(OH)–C–C–N with tert-alkyl or cyclic N) is 1. The first kappa shape index (κ1) is 14.7. The normalized spacial score (nSPS) is 20.9. The topological polar surface area (TPSA) is 114 Å². The van der Waals surface area contributed by atoms with Crippen LogP contribution in [0.3, 0.4) is 0 Å².